The highest BCUT2D eigenvalue weighted by molar-refractivity contribution is 5.79. The summed E-state index contributed by atoms with van der Waals surface area (Å²) in [4.78, 5) is 12.1. The van der Waals surface area contributed by atoms with Crippen LogP contribution in [0, 0.1) is 0 Å². The van der Waals surface area contributed by atoms with Crippen LogP contribution in [0.3, 0.4) is 0 Å². The van der Waals surface area contributed by atoms with Crippen LogP contribution < -0.4 is 9.47 Å². The van der Waals surface area contributed by atoms with E-state index in [0.29, 0.717) is 35.8 Å². The third kappa shape index (κ3) is 3.44. The molecule has 0 radical (unpaired) electrons. The highest BCUT2D eigenvalue weighted by Gasteiger charge is 2.32. The van der Waals surface area contributed by atoms with Crippen LogP contribution in [0.4, 0.5) is 0 Å². The molecule has 0 spiro atoms. The molecular formula is C23H20O5. The van der Waals surface area contributed by atoms with Gasteiger partial charge in [0.25, 0.3) is 0 Å². The standard InChI is InChI=1S/C23H20O5/c24-22(18-9-5-4-8-17(18)15-6-2-1-3-7-15)21(23(25)26)16-10-11-19-20(14-16)28-13-12-27-19/h1-11,14,21-22,24H,12-13H2,(H,25,26). The van der Waals surface area contributed by atoms with Crippen molar-refractivity contribution in [3.05, 3.63) is 83.9 Å². The van der Waals surface area contributed by atoms with Gasteiger partial charge in [-0.05, 0) is 34.4 Å². The molecule has 3 aromatic rings. The maximum Gasteiger partial charge on any atom is 0.314 e. The molecule has 142 valence electrons. The Kier molecular flexibility index (Phi) is 5.00. The second-order valence-corrected chi connectivity index (χ2v) is 6.62. The van der Waals surface area contributed by atoms with E-state index >= 15 is 0 Å². The number of benzene rings is 3. The highest BCUT2D eigenvalue weighted by atomic mass is 16.6. The Morgan fingerprint density at radius 1 is 0.857 bits per heavy atom. The first-order chi connectivity index (χ1) is 13.6. The minimum atomic E-state index is -1.23. The maximum atomic E-state index is 12.1. The lowest BCUT2D eigenvalue weighted by Gasteiger charge is -2.24. The molecule has 1 heterocycles. The van der Waals surface area contributed by atoms with Crippen LogP contribution in [0.15, 0.2) is 72.8 Å². The predicted octanol–water partition coefficient (Wildman–Crippen LogP) is 4.03. The van der Waals surface area contributed by atoms with E-state index < -0.39 is 18.0 Å². The van der Waals surface area contributed by atoms with Crippen LogP contribution in [-0.2, 0) is 4.79 Å². The number of rotatable bonds is 5. The van der Waals surface area contributed by atoms with Crippen molar-refractivity contribution in [3.8, 4) is 22.6 Å². The van der Waals surface area contributed by atoms with E-state index in [1.165, 1.54) is 0 Å². The average molecular weight is 376 g/mol. The van der Waals surface area contributed by atoms with Gasteiger partial charge in [0.05, 0.1) is 6.10 Å². The molecule has 2 atom stereocenters. The van der Waals surface area contributed by atoms with Crippen LogP contribution in [0.1, 0.15) is 23.1 Å². The summed E-state index contributed by atoms with van der Waals surface area (Å²) in [6.45, 7) is 0.870. The molecule has 1 aliphatic rings. The molecule has 5 heteroatoms. The van der Waals surface area contributed by atoms with Crippen molar-refractivity contribution in [2.24, 2.45) is 0 Å². The predicted molar refractivity (Wildman–Crippen MR) is 105 cm³/mol. The van der Waals surface area contributed by atoms with E-state index in [2.05, 4.69) is 0 Å². The Bertz CT molecular complexity index is 983. The van der Waals surface area contributed by atoms with Gasteiger partial charge >= 0.3 is 5.97 Å². The second kappa shape index (κ2) is 7.74. The van der Waals surface area contributed by atoms with Crippen molar-refractivity contribution in [1.29, 1.82) is 0 Å². The third-order valence-corrected chi connectivity index (χ3v) is 4.87. The van der Waals surface area contributed by atoms with E-state index in [-0.39, 0.29) is 0 Å². The van der Waals surface area contributed by atoms with Crippen LogP contribution in [0.5, 0.6) is 11.5 Å². The van der Waals surface area contributed by atoms with E-state index in [1.54, 1.807) is 30.3 Å². The van der Waals surface area contributed by atoms with Gasteiger partial charge < -0.3 is 19.7 Å². The van der Waals surface area contributed by atoms with Crippen LogP contribution in [-0.4, -0.2) is 29.4 Å². The third-order valence-electron chi connectivity index (χ3n) is 4.87. The van der Waals surface area contributed by atoms with Crippen LogP contribution in [0.25, 0.3) is 11.1 Å². The summed E-state index contributed by atoms with van der Waals surface area (Å²) in [6.07, 6.45) is -1.23. The molecule has 0 aliphatic carbocycles. The van der Waals surface area contributed by atoms with Crippen molar-refractivity contribution in [2.75, 3.05) is 13.2 Å². The summed E-state index contributed by atoms with van der Waals surface area (Å²) in [5.41, 5.74) is 2.76. The van der Waals surface area contributed by atoms with Gasteiger partial charge in [-0.25, -0.2) is 0 Å². The molecule has 0 amide bonds. The molecule has 3 aromatic carbocycles. The molecule has 4 rings (SSSR count). The van der Waals surface area contributed by atoms with Crippen molar-refractivity contribution in [3.63, 3.8) is 0 Å². The number of carboxylic acid groups (broad SMARTS) is 1. The monoisotopic (exact) mass is 376 g/mol. The summed E-state index contributed by atoms with van der Waals surface area (Å²) in [5, 5.41) is 21.0. The molecule has 5 nitrogen and oxygen atoms in total. The number of hydrogen-bond acceptors (Lipinski definition) is 4. The Labute approximate surface area is 162 Å². The van der Waals surface area contributed by atoms with Gasteiger partial charge in [-0.3, -0.25) is 4.79 Å². The molecule has 0 saturated heterocycles. The van der Waals surface area contributed by atoms with Gasteiger partial charge in [0.15, 0.2) is 11.5 Å². The molecular weight excluding hydrogens is 356 g/mol. The van der Waals surface area contributed by atoms with E-state index in [4.69, 9.17) is 9.47 Å². The summed E-state index contributed by atoms with van der Waals surface area (Å²) < 4.78 is 11.1. The molecule has 1 aliphatic heterocycles. The zero-order chi connectivity index (χ0) is 19.5. The number of carbonyl (C=O) groups is 1. The fourth-order valence-electron chi connectivity index (χ4n) is 3.53. The Morgan fingerprint density at radius 3 is 2.29 bits per heavy atom. The van der Waals surface area contributed by atoms with Gasteiger partial charge in [0, 0.05) is 0 Å². The van der Waals surface area contributed by atoms with Gasteiger partial charge in [0.1, 0.15) is 19.1 Å². The Morgan fingerprint density at radius 2 is 1.54 bits per heavy atom. The minimum absolute atomic E-state index is 0.410. The number of aliphatic hydroxyl groups is 1. The second-order valence-electron chi connectivity index (χ2n) is 6.62. The summed E-state index contributed by atoms with van der Waals surface area (Å²) in [7, 11) is 0. The quantitative estimate of drug-likeness (QED) is 0.703. The summed E-state index contributed by atoms with van der Waals surface area (Å²) in [5.74, 6) is -1.16. The van der Waals surface area contributed by atoms with Gasteiger partial charge in [-0.1, -0.05) is 60.7 Å². The number of carboxylic acids is 1. The summed E-state index contributed by atoms with van der Waals surface area (Å²) in [6, 6.07) is 21.9. The van der Waals surface area contributed by atoms with E-state index in [0.717, 1.165) is 11.1 Å². The van der Waals surface area contributed by atoms with Crippen molar-refractivity contribution >= 4 is 5.97 Å². The first-order valence-corrected chi connectivity index (χ1v) is 9.10. The van der Waals surface area contributed by atoms with Crippen molar-refractivity contribution in [1.82, 2.24) is 0 Å². The molecule has 2 N–H and O–H groups in total. The Balaban J connectivity index is 1.75. The first kappa shape index (κ1) is 18.1. The van der Waals surface area contributed by atoms with Gasteiger partial charge in [-0.2, -0.15) is 0 Å². The maximum absolute atomic E-state index is 12.1. The number of hydrogen-bond donors (Lipinski definition) is 2. The fraction of sp³-hybridized carbons (Fsp3) is 0.174. The van der Waals surface area contributed by atoms with Crippen molar-refractivity contribution in [2.45, 2.75) is 12.0 Å². The lowest BCUT2D eigenvalue weighted by molar-refractivity contribution is -0.141. The lowest BCUT2D eigenvalue weighted by atomic mass is 9.85. The van der Waals surface area contributed by atoms with Gasteiger partial charge in [-0.15, -0.1) is 0 Å². The average Bonchev–Trinajstić information content (AvgIpc) is 2.74. The van der Waals surface area contributed by atoms with Crippen LogP contribution >= 0.6 is 0 Å². The normalized spacial score (nSPS) is 14.9. The lowest BCUT2D eigenvalue weighted by Crippen LogP contribution is -2.21. The zero-order valence-corrected chi connectivity index (χ0v) is 15.1. The SMILES string of the molecule is O=C(O)C(c1ccc2c(c1)OCCO2)C(O)c1ccccc1-c1ccccc1. The number of aliphatic carboxylic acids is 1. The summed E-state index contributed by atoms with van der Waals surface area (Å²) >= 11 is 0. The number of ether oxygens (including phenoxy) is 2. The van der Waals surface area contributed by atoms with Gasteiger partial charge in [0.2, 0.25) is 0 Å². The first-order valence-electron chi connectivity index (χ1n) is 9.10. The zero-order valence-electron chi connectivity index (χ0n) is 15.1. The van der Waals surface area contributed by atoms with E-state index in [1.807, 2.05) is 42.5 Å². The topological polar surface area (TPSA) is 76.0 Å². The molecule has 0 fully saturated rings. The highest BCUT2D eigenvalue weighted by Crippen LogP contribution is 2.40. The molecule has 0 aromatic heterocycles. The molecule has 0 saturated carbocycles. The Hall–Kier alpha value is -3.31. The minimum Gasteiger partial charge on any atom is -0.486 e. The fourth-order valence-corrected chi connectivity index (χ4v) is 3.53. The smallest absolute Gasteiger partial charge is 0.314 e. The number of fused-ring (bicyclic) bond motifs is 1. The largest absolute Gasteiger partial charge is 0.486 e. The molecule has 2 unspecified atom stereocenters. The number of aliphatic hydroxyl groups excluding tert-OH is 1. The van der Waals surface area contributed by atoms with E-state index in [9.17, 15) is 15.0 Å². The molecule has 0 bridgehead atoms. The van der Waals surface area contributed by atoms with Crippen LogP contribution in [0.2, 0.25) is 0 Å². The molecule has 28 heavy (non-hydrogen) atoms. The van der Waals surface area contributed by atoms with Crippen molar-refractivity contribution < 1.29 is 24.5 Å².